The van der Waals surface area contributed by atoms with Crippen molar-refractivity contribution in [1.29, 1.82) is 0 Å². The van der Waals surface area contributed by atoms with E-state index in [4.69, 9.17) is 0 Å². The number of hydrogen-bond donors (Lipinski definition) is 1. The fourth-order valence-corrected chi connectivity index (χ4v) is 3.12. The van der Waals surface area contributed by atoms with Crippen LogP contribution in [-0.4, -0.2) is 36.2 Å². The lowest BCUT2D eigenvalue weighted by Gasteiger charge is -2.37. The highest BCUT2D eigenvalue weighted by Crippen LogP contribution is 2.34. The summed E-state index contributed by atoms with van der Waals surface area (Å²) in [5, 5.41) is 10.5. The van der Waals surface area contributed by atoms with Gasteiger partial charge in [0.25, 0.3) is 0 Å². The third-order valence-electron chi connectivity index (χ3n) is 4.08. The molecule has 106 valence electrons. The molecule has 1 aliphatic carbocycles. The summed E-state index contributed by atoms with van der Waals surface area (Å²) < 4.78 is 12.9. The van der Waals surface area contributed by atoms with Crippen LogP contribution >= 0.6 is 0 Å². The van der Waals surface area contributed by atoms with E-state index in [0.717, 1.165) is 38.6 Å². The van der Waals surface area contributed by atoms with Crippen molar-refractivity contribution < 1.29 is 9.50 Å². The first kappa shape index (κ1) is 14.5. The number of hydrogen-bond acceptors (Lipinski definition) is 2. The quantitative estimate of drug-likeness (QED) is 0.905. The van der Waals surface area contributed by atoms with Crippen molar-refractivity contribution in [3.05, 3.63) is 35.6 Å². The van der Waals surface area contributed by atoms with Gasteiger partial charge in [0.1, 0.15) is 5.82 Å². The van der Waals surface area contributed by atoms with Gasteiger partial charge in [0.15, 0.2) is 0 Å². The summed E-state index contributed by atoms with van der Waals surface area (Å²) in [4.78, 5) is 2.06. The summed E-state index contributed by atoms with van der Waals surface area (Å²) in [6.45, 7) is 0.746. The smallest absolute Gasteiger partial charge is 0.123 e. The lowest BCUT2D eigenvalue weighted by atomic mass is 9.76. The predicted molar refractivity (Wildman–Crippen MR) is 75.6 cm³/mol. The van der Waals surface area contributed by atoms with Crippen molar-refractivity contribution >= 4 is 0 Å². The Labute approximate surface area is 115 Å². The summed E-state index contributed by atoms with van der Waals surface area (Å²) >= 11 is 0. The van der Waals surface area contributed by atoms with Crippen molar-refractivity contribution in [2.45, 2.75) is 37.7 Å². The van der Waals surface area contributed by atoms with Crippen molar-refractivity contribution in [2.75, 3.05) is 20.6 Å². The summed E-state index contributed by atoms with van der Waals surface area (Å²) in [6.07, 6.45) is 4.86. The van der Waals surface area contributed by atoms with Gasteiger partial charge in [0.05, 0.1) is 5.60 Å². The van der Waals surface area contributed by atoms with Crippen LogP contribution in [0, 0.1) is 11.7 Å². The number of halogens is 1. The first-order chi connectivity index (χ1) is 8.97. The molecule has 2 rings (SSSR count). The predicted octanol–water partition coefficient (Wildman–Crippen LogP) is 2.85. The molecule has 0 radical (unpaired) electrons. The maximum Gasteiger partial charge on any atom is 0.123 e. The van der Waals surface area contributed by atoms with E-state index in [1.165, 1.54) is 17.7 Å². The molecule has 1 aliphatic rings. The largest absolute Gasteiger partial charge is 0.389 e. The second kappa shape index (κ2) is 6.02. The van der Waals surface area contributed by atoms with E-state index < -0.39 is 5.60 Å². The number of rotatable bonds is 4. The van der Waals surface area contributed by atoms with Crippen molar-refractivity contribution in [3.8, 4) is 0 Å². The van der Waals surface area contributed by atoms with Crippen LogP contribution in [0.1, 0.15) is 31.2 Å². The standard InChI is InChI=1S/C16H24FNO/c1-18(2)12-16(19)9-7-14(8-10-16)11-13-3-5-15(17)6-4-13/h3-6,14,19H,7-12H2,1-2H3. The zero-order valence-corrected chi connectivity index (χ0v) is 11.9. The lowest BCUT2D eigenvalue weighted by Crippen LogP contribution is -2.43. The van der Waals surface area contributed by atoms with Gasteiger partial charge < -0.3 is 10.0 Å². The molecule has 1 saturated carbocycles. The van der Waals surface area contributed by atoms with Crippen LogP contribution < -0.4 is 0 Å². The molecule has 1 N–H and O–H groups in total. The fraction of sp³-hybridized carbons (Fsp3) is 0.625. The third-order valence-corrected chi connectivity index (χ3v) is 4.08. The third kappa shape index (κ3) is 4.29. The fourth-order valence-electron chi connectivity index (χ4n) is 3.12. The zero-order chi connectivity index (χ0) is 13.9. The summed E-state index contributed by atoms with van der Waals surface area (Å²) in [5.74, 6) is 0.445. The van der Waals surface area contributed by atoms with Crippen LogP contribution in [0.3, 0.4) is 0 Å². The van der Waals surface area contributed by atoms with E-state index in [0.29, 0.717) is 5.92 Å². The highest BCUT2D eigenvalue weighted by Gasteiger charge is 2.33. The summed E-state index contributed by atoms with van der Waals surface area (Å²) in [5.41, 5.74) is 0.687. The van der Waals surface area contributed by atoms with Crippen LogP contribution in [0.5, 0.6) is 0 Å². The molecule has 19 heavy (non-hydrogen) atoms. The first-order valence-electron chi connectivity index (χ1n) is 7.08. The Hall–Kier alpha value is -0.930. The van der Waals surface area contributed by atoms with Gasteiger partial charge in [-0.2, -0.15) is 0 Å². The number of aliphatic hydroxyl groups is 1. The molecule has 0 atom stereocenters. The average Bonchev–Trinajstić information content (AvgIpc) is 2.34. The molecule has 1 fully saturated rings. The lowest BCUT2D eigenvalue weighted by molar-refractivity contribution is -0.0275. The number of benzene rings is 1. The molecule has 0 spiro atoms. The van der Waals surface area contributed by atoms with Crippen LogP contribution in [0.2, 0.25) is 0 Å². The van der Waals surface area contributed by atoms with Gasteiger partial charge in [-0.05, 0) is 69.8 Å². The van der Waals surface area contributed by atoms with E-state index in [-0.39, 0.29) is 5.82 Å². The second-order valence-corrected chi connectivity index (χ2v) is 6.24. The average molecular weight is 265 g/mol. The summed E-state index contributed by atoms with van der Waals surface area (Å²) in [7, 11) is 4.01. The molecule has 1 aromatic rings. The van der Waals surface area contributed by atoms with E-state index in [2.05, 4.69) is 4.90 Å². The van der Waals surface area contributed by atoms with Crippen molar-refractivity contribution in [1.82, 2.24) is 4.90 Å². The van der Waals surface area contributed by atoms with Gasteiger partial charge in [-0.1, -0.05) is 12.1 Å². The van der Waals surface area contributed by atoms with Gasteiger partial charge in [-0.3, -0.25) is 0 Å². The minimum Gasteiger partial charge on any atom is -0.389 e. The normalized spacial score (nSPS) is 27.7. The summed E-state index contributed by atoms with van der Waals surface area (Å²) in [6, 6.07) is 6.80. The number of nitrogens with zero attached hydrogens (tertiary/aromatic N) is 1. The Morgan fingerprint density at radius 2 is 1.79 bits per heavy atom. The molecular formula is C16H24FNO. The highest BCUT2D eigenvalue weighted by atomic mass is 19.1. The molecule has 0 saturated heterocycles. The molecular weight excluding hydrogens is 241 g/mol. The van der Waals surface area contributed by atoms with Gasteiger partial charge in [-0.15, -0.1) is 0 Å². The molecule has 2 nitrogen and oxygen atoms in total. The van der Waals surface area contributed by atoms with E-state index >= 15 is 0 Å². The molecule has 1 aromatic carbocycles. The molecule has 3 heteroatoms. The Morgan fingerprint density at radius 3 is 2.32 bits per heavy atom. The van der Waals surface area contributed by atoms with Crippen LogP contribution in [0.4, 0.5) is 4.39 Å². The zero-order valence-electron chi connectivity index (χ0n) is 11.9. The highest BCUT2D eigenvalue weighted by molar-refractivity contribution is 5.16. The first-order valence-corrected chi connectivity index (χ1v) is 7.08. The van der Waals surface area contributed by atoms with Crippen LogP contribution in [0.15, 0.2) is 24.3 Å². The molecule has 0 amide bonds. The SMILES string of the molecule is CN(C)CC1(O)CCC(Cc2ccc(F)cc2)CC1. The van der Waals surface area contributed by atoms with Crippen molar-refractivity contribution in [3.63, 3.8) is 0 Å². The van der Waals surface area contributed by atoms with E-state index in [1.807, 2.05) is 26.2 Å². The second-order valence-electron chi connectivity index (χ2n) is 6.24. The maximum absolute atomic E-state index is 12.9. The maximum atomic E-state index is 12.9. The van der Waals surface area contributed by atoms with Gasteiger partial charge in [0, 0.05) is 6.54 Å². The Morgan fingerprint density at radius 1 is 1.21 bits per heavy atom. The van der Waals surface area contributed by atoms with Gasteiger partial charge in [-0.25, -0.2) is 4.39 Å². The van der Waals surface area contributed by atoms with Crippen LogP contribution in [0.25, 0.3) is 0 Å². The topological polar surface area (TPSA) is 23.5 Å². The molecule has 0 aliphatic heterocycles. The van der Waals surface area contributed by atoms with E-state index in [1.54, 1.807) is 0 Å². The minimum absolute atomic E-state index is 0.173. The van der Waals surface area contributed by atoms with Gasteiger partial charge in [0.2, 0.25) is 0 Å². The van der Waals surface area contributed by atoms with Crippen molar-refractivity contribution in [2.24, 2.45) is 5.92 Å². The minimum atomic E-state index is -0.511. The Kier molecular flexibility index (Phi) is 4.58. The Bertz CT molecular complexity index is 394. The number of likely N-dealkylation sites (N-methyl/N-ethyl adjacent to an activating group) is 1. The molecule has 0 bridgehead atoms. The van der Waals surface area contributed by atoms with E-state index in [9.17, 15) is 9.50 Å². The van der Waals surface area contributed by atoms with Crippen LogP contribution in [-0.2, 0) is 6.42 Å². The molecule has 0 aromatic heterocycles. The molecule has 0 unspecified atom stereocenters. The Balaban J connectivity index is 1.85. The monoisotopic (exact) mass is 265 g/mol. The van der Waals surface area contributed by atoms with Gasteiger partial charge >= 0.3 is 0 Å². The molecule has 0 heterocycles.